The second-order valence-corrected chi connectivity index (χ2v) is 4.55. The fourth-order valence-electron chi connectivity index (χ4n) is 1.94. The summed E-state index contributed by atoms with van der Waals surface area (Å²) in [6, 6.07) is 3.01. The predicted octanol–water partition coefficient (Wildman–Crippen LogP) is 3.46. The number of nitrogens with zero attached hydrogens (tertiary/aromatic N) is 2. The van der Waals surface area contributed by atoms with Gasteiger partial charge in [0.2, 0.25) is 0 Å². The zero-order valence-electron chi connectivity index (χ0n) is 13.8. The van der Waals surface area contributed by atoms with Gasteiger partial charge < -0.3 is 10.1 Å². The average molecular weight is 307 g/mol. The normalized spacial score (nSPS) is 9.77. The number of methoxy groups -OCH3 is 1. The van der Waals surface area contributed by atoms with Gasteiger partial charge in [-0.1, -0.05) is 13.8 Å². The summed E-state index contributed by atoms with van der Waals surface area (Å²) in [6.07, 6.45) is 1.48. The van der Waals surface area contributed by atoms with E-state index in [1.165, 1.54) is 19.4 Å². The van der Waals surface area contributed by atoms with E-state index in [4.69, 9.17) is 4.74 Å². The first-order valence-corrected chi connectivity index (χ1v) is 7.08. The Kier molecular flexibility index (Phi) is 6.10. The van der Waals surface area contributed by atoms with Crippen molar-refractivity contribution in [3.05, 3.63) is 41.0 Å². The van der Waals surface area contributed by atoms with Gasteiger partial charge >= 0.3 is 0 Å². The van der Waals surface area contributed by atoms with Crippen LogP contribution >= 0.6 is 0 Å². The molecule has 120 valence electrons. The summed E-state index contributed by atoms with van der Waals surface area (Å²) in [7, 11) is 3.11. The Hall–Kier alpha value is -2.37. The van der Waals surface area contributed by atoms with Crippen molar-refractivity contribution in [2.45, 2.75) is 27.7 Å². The van der Waals surface area contributed by atoms with Crippen molar-refractivity contribution in [3.8, 4) is 5.75 Å². The van der Waals surface area contributed by atoms with Crippen LogP contribution in [0.3, 0.4) is 0 Å². The van der Waals surface area contributed by atoms with Crippen molar-refractivity contribution in [1.29, 1.82) is 0 Å². The number of benzene rings is 1. The molecule has 1 aromatic carbocycles. The average Bonchev–Trinajstić information content (AvgIpc) is 2.81. The van der Waals surface area contributed by atoms with Crippen LogP contribution in [0.4, 0.5) is 10.1 Å². The lowest BCUT2D eigenvalue weighted by Gasteiger charge is -2.12. The van der Waals surface area contributed by atoms with Crippen LogP contribution in [0.1, 0.15) is 35.5 Å². The number of ether oxygens (including phenoxy) is 1. The molecule has 0 unspecified atom stereocenters. The van der Waals surface area contributed by atoms with Gasteiger partial charge in [0.25, 0.3) is 5.91 Å². The van der Waals surface area contributed by atoms with Gasteiger partial charge in [-0.3, -0.25) is 9.48 Å². The zero-order valence-corrected chi connectivity index (χ0v) is 13.8. The molecule has 0 aliphatic carbocycles. The molecule has 0 saturated carbocycles. The molecule has 5 nitrogen and oxygen atoms in total. The molecular formula is C16H22FN3O2. The van der Waals surface area contributed by atoms with Gasteiger partial charge in [0.1, 0.15) is 0 Å². The predicted molar refractivity (Wildman–Crippen MR) is 84.9 cm³/mol. The molecule has 1 N–H and O–H groups in total. The van der Waals surface area contributed by atoms with Crippen LogP contribution < -0.4 is 10.1 Å². The van der Waals surface area contributed by atoms with Crippen LogP contribution in [0.25, 0.3) is 0 Å². The van der Waals surface area contributed by atoms with E-state index in [9.17, 15) is 9.18 Å². The lowest BCUT2D eigenvalue weighted by molar-refractivity contribution is 0.102. The maximum atomic E-state index is 13.8. The molecule has 2 aromatic rings. The molecule has 6 heteroatoms. The number of halogens is 1. The first kappa shape index (κ1) is 17.7. The van der Waals surface area contributed by atoms with Crippen LogP contribution in [0.15, 0.2) is 18.3 Å². The molecule has 1 amide bonds. The molecule has 2 rings (SSSR count). The highest BCUT2D eigenvalue weighted by molar-refractivity contribution is 6.05. The van der Waals surface area contributed by atoms with Gasteiger partial charge in [-0.05, 0) is 31.5 Å². The zero-order chi connectivity index (χ0) is 16.9. The molecule has 0 aliphatic rings. The van der Waals surface area contributed by atoms with E-state index in [2.05, 4.69) is 10.4 Å². The summed E-state index contributed by atoms with van der Waals surface area (Å²) in [4.78, 5) is 12.2. The maximum Gasteiger partial charge on any atom is 0.259 e. The minimum atomic E-state index is -0.509. The Bertz CT molecular complexity index is 666. The van der Waals surface area contributed by atoms with Gasteiger partial charge in [0.05, 0.1) is 24.6 Å². The number of nitrogens with one attached hydrogen (secondary N) is 1. The summed E-state index contributed by atoms with van der Waals surface area (Å²) in [6.45, 7) is 7.53. The summed E-state index contributed by atoms with van der Waals surface area (Å²) in [5.41, 5.74) is 2.17. The third kappa shape index (κ3) is 3.63. The number of aryl methyl sites for hydroxylation is 2. The van der Waals surface area contributed by atoms with E-state index >= 15 is 0 Å². The highest BCUT2D eigenvalue weighted by atomic mass is 19.1. The topological polar surface area (TPSA) is 56.1 Å². The van der Waals surface area contributed by atoms with E-state index < -0.39 is 5.82 Å². The first-order valence-electron chi connectivity index (χ1n) is 7.08. The van der Waals surface area contributed by atoms with E-state index in [0.29, 0.717) is 16.8 Å². The first-order chi connectivity index (χ1) is 10.4. The largest absolute Gasteiger partial charge is 0.492 e. The number of rotatable bonds is 3. The fraction of sp³-hybridized carbons (Fsp3) is 0.375. The third-order valence-corrected chi connectivity index (χ3v) is 3.12. The molecule has 0 fully saturated rings. The van der Waals surface area contributed by atoms with Crippen molar-refractivity contribution in [1.82, 2.24) is 9.78 Å². The molecule has 0 radical (unpaired) electrons. The smallest absolute Gasteiger partial charge is 0.259 e. The second-order valence-electron chi connectivity index (χ2n) is 4.55. The number of hydrogen-bond acceptors (Lipinski definition) is 3. The number of aromatic nitrogens is 2. The number of anilines is 1. The minimum absolute atomic E-state index is 0.0190. The van der Waals surface area contributed by atoms with Crippen molar-refractivity contribution >= 4 is 11.6 Å². The lowest BCUT2D eigenvalue weighted by Crippen LogP contribution is -2.14. The van der Waals surface area contributed by atoms with Crippen molar-refractivity contribution < 1.29 is 13.9 Å². The van der Waals surface area contributed by atoms with Gasteiger partial charge in [-0.25, -0.2) is 4.39 Å². The van der Waals surface area contributed by atoms with E-state index in [-0.39, 0.29) is 11.7 Å². The highest BCUT2D eigenvalue weighted by Gasteiger charge is 2.17. The molecule has 22 heavy (non-hydrogen) atoms. The van der Waals surface area contributed by atoms with Crippen LogP contribution in [0.2, 0.25) is 0 Å². The standard InChI is InChI=1S/C14H16FN3O2.C2H6/c1-8-5-11(15)13(20-4)12(6-8)17-14(19)10-7-16-18(3)9(10)2;1-2/h5-7H,1-4H3,(H,17,19);1-2H3. The van der Waals surface area contributed by atoms with Crippen LogP contribution in [0.5, 0.6) is 5.75 Å². The number of hydrogen-bond donors (Lipinski definition) is 1. The van der Waals surface area contributed by atoms with Gasteiger partial charge in [0, 0.05) is 12.7 Å². The summed E-state index contributed by atoms with van der Waals surface area (Å²) < 4.78 is 20.3. The summed E-state index contributed by atoms with van der Waals surface area (Å²) in [5, 5.41) is 6.66. The molecule has 0 aliphatic heterocycles. The Morgan fingerprint density at radius 2 is 1.95 bits per heavy atom. The summed E-state index contributed by atoms with van der Waals surface area (Å²) >= 11 is 0. The van der Waals surface area contributed by atoms with E-state index in [1.54, 1.807) is 31.6 Å². The van der Waals surface area contributed by atoms with Crippen LogP contribution in [-0.4, -0.2) is 22.8 Å². The minimum Gasteiger partial charge on any atom is -0.492 e. The van der Waals surface area contributed by atoms with Gasteiger partial charge in [-0.15, -0.1) is 0 Å². The van der Waals surface area contributed by atoms with Crippen LogP contribution in [0, 0.1) is 19.7 Å². The van der Waals surface area contributed by atoms with E-state index in [0.717, 1.165) is 5.69 Å². The molecule has 0 spiro atoms. The molecule has 0 bridgehead atoms. The van der Waals surface area contributed by atoms with E-state index in [1.807, 2.05) is 13.8 Å². The maximum absolute atomic E-state index is 13.8. The SMILES string of the molecule is CC.COc1c(F)cc(C)cc1NC(=O)c1cnn(C)c1C. The Morgan fingerprint density at radius 3 is 2.45 bits per heavy atom. The molecular weight excluding hydrogens is 285 g/mol. The highest BCUT2D eigenvalue weighted by Crippen LogP contribution is 2.29. The summed E-state index contributed by atoms with van der Waals surface area (Å²) in [5.74, 6) is -0.838. The number of carbonyl (C=O) groups excluding carboxylic acids is 1. The van der Waals surface area contributed by atoms with Gasteiger partial charge in [-0.2, -0.15) is 5.10 Å². The van der Waals surface area contributed by atoms with Gasteiger partial charge in [0.15, 0.2) is 11.6 Å². The fourth-order valence-corrected chi connectivity index (χ4v) is 1.94. The Labute approximate surface area is 130 Å². The van der Waals surface area contributed by atoms with Crippen molar-refractivity contribution in [3.63, 3.8) is 0 Å². The number of carbonyl (C=O) groups is 1. The molecule has 0 saturated heterocycles. The molecule has 1 aromatic heterocycles. The van der Waals surface area contributed by atoms with Crippen molar-refractivity contribution in [2.75, 3.05) is 12.4 Å². The molecule has 1 heterocycles. The van der Waals surface area contributed by atoms with Crippen molar-refractivity contribution in [2.24, 2.45) is 7.05 Å². The lowest BCUT2D eigenvalue weighted by atomic mass is 10.1. The molecule has 0 atom stereocenters. The third-order valence-electron chi connectivity index (χ3n) is 3.12. The Morgan fingerprint density at radius 1 is 1.32 bits per heavy atom. The van der Waals surface area contributed by atoms with Crippen LogP contribution in [-0.2, 0) is 7.05 Å². The second kappa shape index (κ2) is 7.59. The monoisotopic (exact) mass is 307 g/mol. The Balaban J connectivity index is 0.00000116. The quantitative estimate of drug-likeness (QED) is 0.944. The number of amides is 1.